The first kappa shape index (κ1) is 18.0. The minimum Gasteiger partial charge on any atom is -0.465 e. The summed E-state index contributed by atoms with van der Waals surface area (Å²) in [7, 11) is 1.32. The van der Waals surface area contributed by atoms with Crippen LogP contribution < -0.4 is 0 Å². The maximum atomic E-state index is 12.5. The van der Waals surface area contributed by atoms with Crippen LogP contribution in [0.15, 0.2) is 17.8 Å². The van der Waals surface area contributed by atoms with Crippen molar-refractivity contribution in [2.75, 3.05) is 12.9 Å². The Labute approximate surface area is 144 Å². The Morgan fingerprint density at radius 2 is 2.04 bits per heavy atom. The van der Waals surface area contributed by atoms with Gasteiger partial charge < -0.3 is 14.3 Å². The molecule has 0 amide bonds. The van der Waals surface area contributed by atoms with E-state index in [9.17, 15) is 9.59 Å². The van der Waals surface area contributed by atoms with Crippen LogP contribution in [0.25, 0.3) is 0 Å². The molecular weight excluding hydrogens is 328 g/mol. The molecule has 0 saturated heterocycles. The molecule has 1 N–H and O–H groups in total. The van der Waals surface area contributed by atoms with E-state index >= 15 is 0 Å². The molecule has 0 fully saturated rings. The molecule has 24 heavy (non-hydrogen) atoms. The predicted molar refractivity (Wildman–Crippen MR) is 91.6 cm³/mol. The molecule has 2 aromatic rings. The topological polar surface area (TPSA) is 89.9 Å². The normalized spacial score (nSPS) is 10.7. The van der Waals surface area contributed by atoms with Crippen molar-refractivity contribution in [2.45, 2.75) is 32.5 Å². The molecule has 0 aliphatic rings. The van der Waals surface area contributed by atoms with Crippen molar-refractivity contribution >= 4 is 23.5 Å². The molecule has 2 aromatic heterocycles. The molecule has 7 nitrogen and oxygen atoms in total. The van der Waals surface area contributed by atoms with Gasteiger partial charge in [-0.2, -0.15) is 0 Å². The number of carbonyl (C=O) groups is 2. The number of thioether (sulfide) groups is 1. The van der Waals surface area contributed by atoms with Crippen LogP contribution in [0.4, 0.5) is 0 Å². The van der Waals surface area contributed by atoms with Gasteiger partial charge in [0.2, 0.25) is 0 Å². The number of methoxy groups -OCH3 is 1. The van der Waals surface area contributed by atoms with Gasteiger partial charge in [0.1, 0.15) is 5.82 Å². The number of ketones is 1. The number of aromatic amines is 1. The smallest absolute Gasteiger partial charge is 0.339 e. The molecule has 0 aliphatic carbocycles. The fourth-order valence-corrected chi connectivity index (χ4v) is 3.31. The molecule has 2 heterocycles. The van der Waals surface area contributed by atoms with E-state index in [1.54, 1.807) is 19.9 Å². The Bertz CT molecular complexity index is 792. The lowest BCUT2D eigenvalue weighted by Gasteiger charge is -2.05. The molecule has 0 bridgehead atoms. The Hall–Kier alpha value is -2.35. The number of rotatable bonds is 7. The van der Waals surface area contributed by atoms with Crippen LogP contribution in [0.2, 0.25) is 0 Å². The molecule has 8 heteroatoms. The number of nitrogens with zero attached hydrogens (tertiary/aromatic N) is 3. The van der Waals surface area contributed by atoms with E-state index in [4.69, 9.17) is 4.74 Å². The zero-order chi connectivity index (χ0) is 17.9. The highest BCUT2D eigenvalue weighted by Crippen LogP contribution is 2.23. The van der Waals surface area contributed by atoms with Gasteiger partial charge in [0.15, 0.2) is 10.9 Å². The van der Waals surface area contributed by atoms with Gasteiger partial charge in [-0.05, 0) is 26.3 Å². The number of aromatic nitrogens is 4. The van der Waals surface area contributed by atoms with Crippen LogP contribution >= 0.6 is 11.8 Å². The maximum Gasteiger partial charge on any atom is 0.339 e. The number of Topliss-reactive ketones (excluding diaryl/α,β-unsaturated/α-hetero) is 1. The van der Waals surface area contributed by atoms with E-state index in [0.29, 0.717) is 34.2 Å². The standard InChI is InChI=1S/C16H20N4O3S/c1-6-7-20-11(4)18-19-16(20)24-8-12(21)14-9(2)13(10(3)17-14)15(22)23-5/h6,17H,1,7-8H2,2-5H3. The van der Waals surface area contributed by atoms with Crippen LogP contribution in [0.5, 0.6) is 0 Å². The second kappa shape index (κ2) is 7.48. The van der Waals surface area contributed by atoms with Crippen molar-refractivity contribution in [1.82, 2.24) is 19.7 Å². The Morgan fingerprint density at radius 3 is 2.67 bits per heavy atom. The summed E-state index contributed by atoms with van der Waals surface area (Å²) in [6.07, 6.45) is 1.75. The Balaban J connectivity index is 2.17. The third kappa shape index (κ3) is 3.43. The van der Waals surface area contributed by atoms with Crippen LogP contribution in [-0.2, 0) is 11.3 Å². The highest BCUT2D eigenvalue weighted by atomic mass is 32.2. The molecule has 128 valence electrons. The predicted octanol–water partition coefficient (Wildman–Crippen LogP) is 2.48. The van der Waals surface area contributed by atoms with Crippen LogP contribution in [-0.4, -0.2) is 44.4 Å². The highest BCUT2D eigenvalue weighted by Gasteiger charge is 2.23. The molecule has 0 atom stereocenters. The van der Waals surface area contributed by atoms with E-state index in [-0.39, 0.29) is 11.5 Å². The van der Waals surface area contributed by atoms with Crippen molar-refractivity contribution in [3.05, 3.63) is 41.0 Å². The second-order valence-electron chi connectivity index (χ2n) is 5.26. The van der Waals surface area contributed by atoms with E-state index < -0.39 is 5.97 Å². The maximum absolute atomic E-state index is 12.5. The van der Waals surface area contributed by atoms with Gasteiger partial charge in [-0.25, -0.2) is 4.79 Å². The number of H-pyrrole nitrogens is 1. The summed E-state index contributed by atoms with van der Waals surface area (Å²) in [5.41, 5.74) is 2.07. The lowest BCUT2D eigenvalue weighted by molar-refractivity contribution is 0.0599. The first-order valence-electron chi connectivity index (χ1n) is 7.34. The fraction of sp³-hybridized carbons (Fsp3) is 0.375. The van der Waals surface area contributed by atoms with Gasteiger partial charge in [0.05, 0.1) is 24.1 Å². The first-order valence-corrected chi connectivity index (χ1v) is 8.33. The van der Waals surface area contributed by atoms with Crippen molar-refractivity contribution in [3.8, 4) is 0 Å². The van der Waals surface area contributed by atoms with Crippen molar-refractivity contribution in [2.24, 2.45) is 0 Å². The summed E-state index contributed by atoms with van der Waals surface area (Å²) in [5.74, 6) is 0.400. The third-order valence-electron chi connectivity index (χ3n) is 3.65. The number of allylic oxidation sites excluding steroid dienone is 1. The minimum atomic E-state index is -0.450. The average molecular weight is 348 g/mol. The molecule has 0 unspecified atom stereocenters. The summed E-state index contributed by atoms with van der Waals surface area (Å²) >= 11 is 1.30. The minimum absolute atomic E-state index is 0.110. The Kier molecular flexibility index (Phi) is 5.61. The number of esters is 1. The van der Waals surface area contributed by atoms with E-state index in [1.807, 2.05) is 11.5 Å². The molecular formula is C16H20N4O3S. The number of ether oxygens (including phenoxy) is 1. The zero-order valence-electron chi connectivity index (χ0n) is 14.2. The van der Waals surface area contributed by atoms with Crippen molar-refractivity contribution in [3.63, 3.8) is 0 Å². The monoisotopic (exact) mass is 348 g/mol. The van der Waals surface area contributed by atoms with Gasteiger partial charge in [-0.3, -0.25) is 4.79 Å². The number of hydrogen-bond acceptors (Lipinski definition) is 6. The molecule has 0 spiro atoms. The SMILES string of the molecule is C=CCn1c(C)nnc1SCC(=O)c1[nH]c(C)c(C(=O)OC)c1C. The number of nitrogens with one attached hydrogen (secondary N) is 1. The molecule has 0 radical (unpaired) electrons. The number of aryl methyl sites for hydroxylation is 2. The van der Waals surface area contributed by atoms with Crippen molar-refractivity contribution in [1.29, 1.82) is 0 Å². The van der Waals surface area contributed by atoms with E-state index in [0.717, 1.165) is 5.82 Å². The third-order valence-corrected chi connectivity index (χ3v) is 4.62. The van der Waals surface area contributed by atoms with Crippen LogP contribution in [0.3, 0.4) is 0 Å². The molecule has 0 aliphatic heterocycles. The number of hydrogen-bond donors (Lipinski definition) is 1. The average Bonchev–Trinajstić information content (AvgIpc) is 3.05. The second-order valence-corrected chi connectivity index (χ2v) is 6.20. The summed E-state index contributed by atoms with van der Waals surface area (Å²) < 4.78 is 6.65. The van der Waals surface area contributed by atoms with E-state index in [1.165, 1.54) is 18.9 Å². The highest BCUT2D eigenvalue weighted by molar-refractivity contribution is 7.99. The summed E-state index contributed by atoms with van der Waals surface area (Å²) in [6, 6.07) is 0. The van der Waals surface area contributed by atoms with Gasteiger partial charge in [-0.1, -0.05) is 17.8 Å². The van der Waals surface area contributed by atoms with E-state index in [2.05, 4.69) is 21.8 Å². The largest absolute Gasteiger partial charge is 0.465 e. The number of carbonyl (C=O) groups excluding carboxylic acids is 2. The quantitative estimate of drug-likeness (QED) is 0.358. The summed E-state index contributed by atoms with van der Waals surface area (Å²) in [4.78, 5) is 27.3. The van der Waals surface area contributed by atoms with Crippen molar-refractivity contribution < 1.29 is 14.3 Å². The molecule has 0 aromatic carbocycles. The molecule has 2 rings (SSSR count). The fourth-order valence-electron chi connectivity index (χ4n) is 2.45. The zero-order valence-corrected chi connectivity index (χ0v) is 15.0. The van der Waals surface area contributed by atoms with Crippen LogP contribution in [0.1, 0.15) is 37.9 Å². The van der Waals surface area contributed by atoms with Gasteiger partial charge in [-0.15, -0.1) is 16.8 Å². The van der Waals surface area contributed by atoms with Gasteiger partial charge in [0, 0.05) is 12.2 Å². The summed E-state index contributed by atoms with van der Waals surface area (Å²) in [6.45, 7) is 9.62. The summed E-state index contributed by atoms with van der Waals surface area (Å²) in [5, 5.41) is 8.76. The molecule has 0 saturated carbocycles. The van der Waals surface area contributed by atoms with Gasteiger partial charge >= 0.3 is 5.97 Å². The Morgan fingerprint density at radius 1 is 1.33 bits per heavy atom. The lowest BCUT2D eigenvalue weighted by atomic mass is 10.1. The lowest BCUT2D eigenvalue weighted by Crippen LogP contribution is -2.08. The van der Waals surface area contributed by atoms with Crippen LogP contribution in [0, 0.1) is 20.8 Å². The van der Waals surface area contributed by atoms with Gasteiger partial charge in [0.25, 0.3) is 0 Å². The first-order chi connectivity index (χ1) is 11.4.